The maximum absolute atomic E-state index is 13.0. The largest absolute Gasteiger partial charge is 0.348 e. The van der Waals surface area contributed by atoms with Crippen molar-refractivity contribution < 1.29 is 18.0 Å². The maximum atomic E-state index is 13.0. The normalized spacial score (nSPS) is 14.8. The van der Waals surface area contributed by atoms with Gasteiger partial charge in [0.05, 0.1) is 17.5 Å². The second kappa shape index (κ2) is 11.4. The molecule has 0 aliphatic carbocycles. The number of amides is 2. The molecule has 3 aromatic rings. The van der Waals surface area contributed by atoms with Crippen LogP contribution >= 0.6 is 0 Å². The van der Waals surface area contributed by atoms with E-state index in [4.69, 9.17) is 0 Å². The highest BCUT2D eigenvalue weighted by Crippen LogP contribution is 2.18. The number of nitrogens with zero attached hydrogens (tertiary/aromatic N) is 3. The molecule has 1 aromatic heterocycles. The molecule has 36 heavy (non-hydrogen) atoms. The molecule has 0 radical (unpaired) electrons. The molecule has 1 aliphatic heterocycles. The number of nitrogens with one attached hydrogen (secondary N) is 2. The highest BCUT2D eigenvalue weighted by molar-refractivity contribution is 7.88. The van der Waals surface area contributed by atoms with Gasteiger partial charge in [-0.1, -0.05) is 30.3 Å². The van der Waals surface area contributed by atoms with E-state index in [0.29, 0.717) is 56.1 Å². The monoisotopic (exact) mass is 507 g/mol. The number of anilines is 1. The van der Waals surface area contributed by atoms with Crippen LogP contribution in [0.25, 0.3) is 0 Å². The SMILES string of the molecule is CS(=O)(=O)N1CCN(Cc2cccc(C(=O)Nc3ccccc3C(=O)NCc3cccnc3)c2)CC1. The van der Waals surface area contributed by atoms with E-state index in [1.54, 1.807) is 48.8 Å². The van der Waals surface area contributed by atoms with Crippen molar-refractivity contribution in [2.24, 2.45) is 0 Å². The van der Waals surface area contributed by atoms with Crippen LogP contribution in [0.3, 0.4) is 0 Å². The number of para-hydroxylation sites is 1. The van der Waals surface area contributed by atoms with E-state index in [2.05, 4.69) is 20.5 Å². The highest BCUT2D eigenvalue weighted by Gasteiger charge is 2.23. The number of hydrogen-bond acceptors (Lipinski definition) is 6. The van der Waals surface area contributed by atoms with Crippen LogP contribution in [0.4, 0.5) is 5.69 Å². The zero-order chi connectivity index (χ0) is 25.5. The summed E-state index contributed by atoms with van der Waals surface area (Å²) in [5.41, 5.74) is 3.11. The number of sulfonamides is 1. The van der Waals surface area contributed by atoms with Gasteiger partial charge in [-0.2, -0.15) is 4.31 Å². The second-order valence-corrected chi connectivity index (χ2v) is 10.7. The molecule has 9 nitrogen and oxygen atoms in total. The first kappa shape index (κ1) is 25.5. The van der Waals surface area contributed by atoms with Gasteiger partial charge in [0.2, 0.25) is 10.0 Å². The van der Waals surface area contributed by atoms with E-state index in [-0.39, 0.29) is 11.8 Å². The number of carbonyl (C=O) groups is 2. The lowest BCUT2D eigenvalue weighted by Crippen LogP contribution is -2.47. The van der Waals surface area contributed by atoms with Gasteiger partial charge in [-0.15, -0.1) is 0 Å². The molecule has 10 heteroatoms. The Bertz CT molecular complexity index is 1320. The van der Waals surface area contributed by atoms with Gasteiger partial charge in [0.15, 0.2) is 0 Å². The van der Waals surface area contributed by atoms with E-state index in [9.17, 15) is 18.0 Å². The molecular weight excluding hydrogens is 478 g/mol. The molecule has 0 spiro atoms. The van der Waals surface area contributed by atoms with Crippen molar-refractivity contribution in [3.05, 3.63) is 95.3 Å². The molecule has 0 atom stereocenters. The zero-order valence-corrected chi connectivity index (χ0v) is 20.9. The van der Waals surface area contributed by atoms with Crippen LogP contribution in [-0.2, 0) is 23.1 Å². The number of carbonyl (C=O) groups excluding carboxylic acids is 2. The van der Waals surface area contributed by atoms with Crippen LogP contribution in [0.2, 0.25) is 0 Å². The van der Waals surface area contributed by atoms with Gasteiger partial charge in [-0.05, 0) is 41.5 Å². The second-order valence-electron chi connectivity index (χ2n) is 8.68. The predicted octanol–water partition coefficient (Wildman–Crippen LogP) is 2.34. The first-order valence-electron chi connectivity index (χ1n) is 11.6. The fourth-order valence-corrected chi connectivity index (χ4v) is 4.88. The van der Waals surface area contributed by atoms with Crippen molar-refractivity contribution in [1.82, 2.24) is 19.5 Å². The summed E-state index contributed by atoms with van der Waals surface area (Å²) in [5.74, 6) is -0.608. The van der Waals surface area contributed by atoms with E-state index in [1.165, 1.54) is 10.6 Å². The van der Waals surface area contributed by atoms with Crippen molar-refractivity contribution >= 4 is 27.5 Å². The number of benzene rings is 2. The van der Waals surface area contributed by atoms with Gasteiger partial charge in [-0.25, -0.2) is 8.42 Å². The minimum absolute atomic E-state index is 0.295. The molecule has 2 aromatic carbocycles. The molecule has 188 valence electrons. The first-order valence-corrected chi connectivity index (χ1v) is 13.5. The van der Waals surface area contributed by atoms with Gasteiger partial charge in [0.1, 0.15) is 0 Å². The quantitative estimate of drug-likeness (QED) is 0.484. The lowest BCUT2D eigenvalue weighted by molar-refractivity contribution is 0.0951. The third-order valence-electron chi connectivity index (χ3n) is 5.99. The Morgan fingerprint density at radius 1 is 0.917 bits per heavy atom. The third-order valence-corrected chi connectivity index (χ3v) is 7.29. The molecule has 1 aliphatic rings. The predicted molar refractivity (Wildman–Crippen MR) is 138 cm³/mol. The summed E-state index contributed by atoms with van der Waals surface area (Å²) in [5, 5.41) is 5.72. The number of hydrogen-bond donors (Lipinski definition) is 2. The average Bonchev–Trinajstić information content (AvgIpc) is 2.88. The molecule has 2 N–H and O–H groups in total. The molecule has 4 rings (SSSR count). The van der Waals surface area contributed by atoms with Crippen molar-refractivity contribution in [2.45, 2.75) is 13.1 Å². The van der Waals surface area contributed by atoms with E-state index < -0.39 is 10.0 Å². The molecule has 0 unspecified atom stereocenters. The molecular formula is C26H29N5O4S. The van der Waals surface area contributed by atoms with Crippen LogP contribution < -0.4 is 10.6 Å². The van der Waals surface area contributed by atoms with Gasteiger partial charge in [-0.3, -0.25) is 19.5 Å². The zero-order valence-electron chi connectivity index (χ0n) is 20.1. The molecule has 0 saturated carbocycles. The van der Waals surface area contributed by atoms with E-state index in [1.807, 2.05) is 24.3 Å². The van der Waals surface area contributed by atoms with Gasteiger partial charge >= 0.3 is 0 Å². The Morgan fingerprint density at radius 2 is 1.67 bits per heavy atom. The van der Waals surface area contributed by atoms with Crippen molar-refractivity contribution in [3.63, 3.8) is 0 Å². The van der Waals surface area contributed by atoms with Crippen molar-refractivity contribution in [3.8, 4) is 0 Å². The summed E-state index contributed by atoms with van der Waals surface area (Å²) in [7, 11) is -3.18. The average molecular weight is 508 g/mol. The molecule has 2 amide bonds. The number of aromatic nitrogens is 1. The summed E-state index contributed by atoms with van der Waals surface area (Å²) in [4.78, 5) is 32.0. The Kier molecular flexibility index (Phi) is 8.09. The summed E-state index contributed by atoms with van der Waals surface area (Å²) < 4.78 is 24.9. The third kappa shape index (κ3) is 6.75. The van der Waals surface area contributed by atoms with Crippen molar-refractivity contribution in [2.75, 3.05) is 37.8 Å². The molecule has 0 bridgehead atoms. The topological polar surface area (TPSA) is 112 Å². The first-order chi connectivity index (χ1) is 17.3. The lowest BCUT2D eigenvalue weighted by atomic mass is 10.1. The number of piperazine rings is 1. The molecule has 2 heterocycles. The van der Waals surface area contributed by atoms with Crippen LogP contribution in [0.15, 0.2) is 73.1 Å². The Hall–Kier alpha value is -3.60. The molecule has 1 fully saturated rings. The van der Waals surface area contributed by atoms with Gasteiger partial charge < -0.3 is 10.6 Å². The van der Waals surface area contributed by atoms with Crippen LogP contribution in [0.5, 0.6) is 0 Å². The number of rotatable bonds is 8. The van der Waals surface area contributed by atoms with E-state index >= 15 is 0 Å². The van der Waals surface area contributed by atoms with Crippen molar-refractivity contribution in [1.29, 1.82) is 0 Å². The van der Waals surface area contributed by atoms with Crippen LogP contribution in [0, 0.1) is 0 Å². The number of pyridine rings is 1. The standard InChI is InChI=1S/C26H29N5O4S/c1-36(34,35)31-14-12-30(13-15-31)19-20-6-4-8-22(16-20)25(32)29-24-10-3-2-9-23(24)26(33)28-18-21-7-5-11-27-17-21/h2-11,16-17H,12-15,18-19H2,1H3,(H,28,33)(H,29,32). The Balaban J connectivity index is 1.38. The maximum Gasteiger partial charge on any atom is 0.255 e. The minimum atomic E-state index is -3.18. The summed E-state index contributed by atoms with van der Waals surface area (Å²) in [6.45, 7) is 3.12. The van der Waals surface area contributed by atoms with Crippen LogP contribution in [0.1, 0.15) is 31.8 Å². The van der Waals surface area contributed by atoms with Gasteiger partial charge in [0.25, 0.3) is 11.8 Å². The van der Waals surface area contributed by atoms with Gasteiger partial charge in [0, 0.05) is 57.2 Å². The fourth-order valence-electron chi connectivity index (χ4n) is 4.05. The summed E-state index contributed by atoms with van der Waals surface area (Å²) >= 11 is 0. The summed E-state index contributed by atoms with van der Waals surface area (Å²) in [6, 6.07) is 17.9. The smallest absolute Gasteiger partial charge is 0.255 e. The molecule has 1 saturated heterocycles. The fraction of sp³-hybridized carbons (Fsp3) is 0.269. The van der Waals surface area contributed by atoms with Crippen LogP contribution in [-0.4, -0.2) is 66.9 Å². The van der Waals surface area contributed by atoms with E-state index in [0.717, 1.165) is 11.1 Å². The lowest BCUT2D eigenvalue weighted by Gasteiger charge is -2.33. The Labute approximate surface area is 211 Å². The Morgan fingerprint density at radius 3 is 2.39 bits per heavy atom. The summed E-state index contributed by atoms with van der Waals surface area (Å²) in [6.07, 6.45) is 4.59. The highest BCUT2D eigenvalue weighted by atomic mass is 32.2. The minimum Gasteiger partial charge on any atom is -0.348 e.